The largest absolute Gasteiger partial charge is 0.447 e. The summed E-state index contributed by atoms with van der Waals surface area (Å²) < 4.78 is 10.2. The number of pyridine rings is 1. The molecule has 0 unspecified atom stereocenters. The van der Waals surface area contributed by atoms with Gasteiger partial charge in [0, 0.05) is 57.5 Å². The number of hydrogen-bond donors (Lipinski definition) is 0. The van der Waals surface area contributed by atoms with Crippen LogP contribution in [0.4, 0.5) is 4.79 Å². The van der Waals surface area contributed by atoms with Crippen LogP contribution in [0.25, 0.3) is 0 Å². The number of ether oxygens (including phenoxy) is 2. The minimum Gasteiger partial charge on any atom is -0.447 e. The highest BCUT2D eigenvalue weighted by atomic mass is 16.6. The van der Waals surface area contributed by atoms with Crippen molar-refractivity contribution < 1.29 is 19.1 Å². The minimum absolute atomic E-state index is 0.0283. The van der Waals surface area contributed by atoms with Crippen molar-refractivity contribution in [3.8, 4) is 0 Å². The quantitative estimate of drug-likeness (QED) is 0.751. The Morgan fingerprint density at radius 1 is 1.23 bits per heavy atom. The molecular weight excluding hydrogens is 334 g/mol. The molecule has 1 aromatic heterocycles. The molecule has 2 amide bonds. The van der Waals surface area contributed by atoms with Crippen LogP contribution in [0.1, 0.15) is 31.2 Å². The third-order valence-electron chi connectivity index (χ3n) is 5.30. The van der Waals surface area contributed by atoms with Gasteiger partial charge < -0.3 is 19.3 Å². The highest BCUT2D eigenvalue weighted by Crippen LogP contribution is 2.39. The maximum atomic E-state index is 12.4. The summed E-state index contributed by atoms with van der Waals surface area (Å²) in [6, 6.07) is 3.88. The molecule has 1 spiro atoms. The fourth-order valence-electron chi connectivity index (χ4n) is 3.96. The highest BCUT2D eigenvalue weighted by molar-refractivity contribution is 5.77. The third-order valence-corrected chi connectivity index (χ3v) is 5.30. The van der Waals surface area contributed by atoms with E-state index in [2.05, 4.69) is 4.98 Å². The van der Waals surface area contributed by atoms with Gasteiger partial charge in [-0.1, -0.05) is 0 Å². The van der Waals surface area contributed by atoms with Gasteiger partial charge >= 0.3 is 6.09 Å². The van der Waals surface area contributed by atoms with E-state index in [9.17, 15) is 9.59 Å². The zero-order chi connectivity index (χ0) is 18.4. The van der Waals surface area contributed by atoms with E-state index in [0.29, 0.717) is 39.2 Å². The van der Waals surface area contributed by atoms with Crippen molar-refractivity contribution in [3.63, 3.8) is 0 Å². The van der Waals surface area contributed by atoms with Crippen LogP contribution < -0.4 is 0 Å². The normalized spacial score (nSPS) is 23.3. The van der Waals surface area contributed by atoms with E-state index in [-0.39, 0.29) is 24.0 Å². The van der Waals surface area contributed by atoms with Crippen molar-refractivity contribution in [1.29, 1.82) is 0 Å². The molecule has 2 aliphatic heterocycles. The average molecular weight is 361 g/mol. The predicted octanol–water partition coefficient (Wildman–Crippen LogP) is 2.07. The van der Waals surface area contributed by atoms with Crippen LogP contribution in [0.15, 0.2) is 24.5 Å². The van der Waals surface area contributed by atoms with Gasteiger partial charge in [0.05, 0.1) is 6.61 Å². The molecule has 7 nitrogen and oxygen atoms in total. The zero-order valence-electron chi connectivity index (χ0n) is 15.4. The molecule has 3 heterocycles. The van der Waals surface area contributed by atoms with Gasteiger partial charge in [-0.25, -0.2) is 4.79 Å². The molecule has 26 heavy (non-hydrogen) atoms. The number of carbonyl (C=O) groups excluding carboxylic acids is 2. The molecule has 1 atom stereocenters. The van der Waals surface area contributed by atoms with Crippen molar-refractivity contribution >= 4 is 12.0 Å². The van der Waals surface area contributed by atoms with E-state index < -0.39 is 0 Å². The predicted molar refractivity (Wildman–Crippen MR) is 95.4 cm³/mol. The van der Waals surface area contributed by atoms with Crippen LogP contribution in [-0.2, 0) is 20.8 Å². The average Bonchev–Trinajstić information content (AvgIpc) is 2.66. The number of nitrogens with zero attached hydrogens (tertiary/aromatic N) is 3. The summed E-state index contributed by atoms with van der Waals surface area (Å²) in [5.41, 5.74) is 1.05. The summed E-state index contributed by atoms with van der Waals surface area (Å²) in [5, 5.41) is 0. The molecule has 1 aromatic rings. The fraction of sp³-hybridized carbons (Fsp3) is 0.632. The van der Waals surface area contributed by atoms with Crippen molar-refractivity contribution in [3.05, 3.63) is 30.1 Å². The van der Waals surface area contributed by atoms with Crippen LogP contribution in [0.5, 0.6) is 0 Å². The van der Waals surface area contributed by atoms with Crippen LogP contribution in [0, 0.1) is 5.41 Å². The lowest BCUT2D eigenvalue weighted by atomic mass is 9.73. The van der Waals surface area contributed by atoms with E-state index >= 15 is 0 Å². The molecule has 0 aromatic carbocycles. The number of aromatic nitrogens is 1. The maximum Gasteiger partial charge on any atom is 0.409 e. The van der Waals surface area contributed by atoms with Crippen molar-refractivity contribution in [2.24, 2.45) is 5.41 Å². The first-order valence-electron chi connectivity index (χ1n) is 9.19. The van der Waals surface area contributed by atoms with Gasteiger partial charge in [0.2, 0.25) is 5.91 Å². The summed E-state index contributed by atoms with van der Waals surface area (Å²) in [6.45, 7) is 3.33. The lowest BCUT2D eigenvalue weighted by Crippen LogP contribution is -2.55. The second-order valence-corrected chi connectivity index (χ2v) is 7.24. The monoisotopic (exact) mass is 361 g/mol. The number of rotatable bonds is 5. The maximum absolute atomic E-state index is 12.4. The second-order valence-electron chi connectivity index (χ2n) is 7.24. The van der Waals surface area contributed by atoms with E-state index in [1.54, 1.807) is 24.4 Å². The van der Waals surface area contributed by atoms with Crippen molar-refractivity contribution in [2.75, 3.05) is 40.0 Å². The first-order chi connectivity index (χ1) is 12.6. The lowest BCUT2D eigenvalue weighted by molar-refractivity contribution is -0.139. The summed E-state index contributed by atoms with van der Waals surface area (Å²) in [7, 11) is 1.58. The van der Waals surface area contributed by atoms with Crippen molar-refractivity contribution in [1.82, 2.24) is 14.8 Å². The lowest BCUT2D eigenvalue weighted by Gasteiger charge is -2.47. The summed E-state index contributed by atoms with van der Waals surface area (Å²) in [4.78, 5) is 32.5. The molecule has 0 saturated carbocycles. The Labute approximate surface area is 154 Å². The Balaban J connectivity index is 1.62. The van der Waals surface area contributed by atoms with Gasteiger partial charge in [0.25, 0.3) is 0 Å². The van der Waals surface area contributed by atoms with E-state index in [1.807, 2.05) is 17.0 Å². The number of amides is 2. The number of hydrogen-bond acceptors (Lipinski definition) is 5. The number of piperidine rings is 2. The molecule has 0 N–H and O–H groups in total. The van der Waals surface area contributed by atoms with E-state index in [0.717, 1.165) is 24.8 Å². The van der Waals surface area contributed by atoms with Gasteiger partial charge in [-0.2, -0.15) is 0 Å². The molecule has 0 radical (unpaired) electrons. The molecule has 3 rings (SSSR count). The SMILES string of the molecule is COCCOC(=O)N1CCC[C@]2(CCC(=O)N(Cc3ccncc3)C2)C1. The zero-order valence-corrected chi connectivity index (χ0v) is 15.4. The third kappa shape index (κ3) is 4.52. The van der Waals surface area contributed by atoms with Crippen LogP contribution in [-0.4, -0.2) is 66.7 Å². The van der Waals surface area contributed by atoms with Gasteiger partial charge in [-0.15, -0.1) is 0 Å². The fourth-order valence-corrected chi connectivity index (χ4v) is 3.96. The second kappa shape index (κ2) is 8.49. The first-order valence-corrected chi connectivity index (χ1v) is 9.19. The van der Waals surface area contributed by atoms with Gasteiger partial charge in [-0.05, 0) is 37.0 Å². The molecule has 2 fully saturated rings. The minimum atomic E-state index is -0.279. The smallest absolute Gasteiger partial charge is 0.409 e. The molecule has 0 aliphatic carbocycles. The Hall–Kier alpha value is -2.15. The Kier molecular flexibility index (Phi) is 6.08. The summed E-state index contributed by atoms with van der Waals surface area (Å²) in [6.07, 6.45) is 6.57. The van der Waals surface area contributed by atoms with Gasteiger partial charge in [0.1, 0.15) is 6.61 Å². The van der Waals surface area contributed by atoms with Crippen LogP contribution in [0.2, 0.25) is 0 Å². The van der Waals surface area contributed by atoms with Crippen LogP contribution >= 0.6 is 0 Å². The topological polar surface area (TPSA) is 72.0 Å². The highest BCUT2D eigenvalue weighted by Gasteiger charge is 2.43. The molecular formula is C19H27N3O4. The Bertz CT molecular complexity index is 624. The van der Waals surface area contributed by atoms with Crippen LogP contribution in [0.3, 0.4) is 0 Å². The Morgan fingerprint density at radius 3 is 2.81 bits per heavy atom. The van der Waals surface area contributed by atoms with Crippen molar-refractivity contribution in [2.45, 2.75) is 32.2 Å². The Morgan fingerprint density at radius 2 is 2.04 bits per heavy atom. The van der Waals surface area contributed by atoms with E-state index in [4.69, 9.17) is 9.47 Å². The number of likely N-dealkylation sites (tertiary alicyclic amines) is 2. The number of carbonyl (C=O) groups is 2. The summed E-state index contributed by atoms with van der Waals surface area (Å²) in [5.74, 6) is 0.187. The summed E-state index contributed by atoms with van der Waals surface area (Å²) >= 11 is 0. The van der Waals surface area contributed by atoms with Gasteiger partial charge in [-0.3, -0.25) is 9.78 Å². The molecule has 142 valence electrons. The standard InChI is InChI=1S/C19H27N3O4/c1-25-11-12-26-18(24)21-10-2-6-19(14-21)7-3-17(23)22(15-19)13-16-4-8-20-9-5-16/h4-5,8-9H,2-3,6-7,10-15H2,1H3/t19-/m0/s1. The molecule has 2 aliphatic rings. The molecule has 0 bridgehead atoms. The van der Waals surface area contributed by atoms with Gasteiger partial charge in [0.15, 0.2) is 0 Å². The first kappa shape index (κ1) is 18.6. The molecule has 2 saturated heterocycles. The number of methoxy groups -OCH3 is 1. The molecule has 7 heteroatoms. The van der Waals surface area contributed by atoms with E-state index in [1.165, 1.54) is 0 Å².